The van der Waals surface area contributed by atoms with Crippen LogP contribution in [0.4, 0.5) is 0 Å². The fourth-order valence-electron chi connectivity index (χ4n) is 0.657. The Morgan fingerprint density at radius 3 is 2.85 bits per heavy atom. The third kappa shape index (κ3) is 2.51. The molecule has 0 aliphatic carbocycles. The molecule has 0 spiro atoms. The second kappa shape index (κ2) is 3.99. The number of carboxylic acid groups (broad SMARTS) is 1. The second-order valence-electron chi connectivity index (χ2n) is 2.40. The van der Waals surface area contributed by atoms with E-state index >= 15 is 0 Å². The molecule has 1 heterocycles. The van der Waals surface area contributed by atoms with Gasteiger partial charge in [-0.05, 0) is 6.92 Å². The number of nitrogens with zero attached hydrogens (tertiary/aromatic N) is 1. The first kappa shape index (κ1) is 9.66. The highest BCUT2D eigenvalue weighted by atomic mass is 32.1. The Kier molecular flexibility index (Phi) is 2.97. The van der Waals surface area contributed by atoms with Crippen LogP contribution in [0.25, 0.3) is 0 Å². The molecular formula is C7H8N2O3S. The van der Waals surface area contributed by atoms with E-state index in [4.69, 9.17) is 5.11 Å². The summed E-state index contributed by atoms with van der Waals surface area (Å²) in [7, 11) is 0. The van der Waals surface area contributed by atoms with Crippen LogP contribution in [0, 0.1) is 0 Å². The van der Waals surface area contributed by atoms with E-state index in [1.807, 2.05) is 0 Å². The molecule has 1 atom stereocenters. The standard InChI is InChI=1S/C7H8N2O3S/c1-4(7(11)12)9-6(10)5-2-8-3-13-5/h2-4H,1H3,(H,9,10)(H,11,12)/t4-/m0/s1. The Hall–Kier alpha value is -1.43. The summed E-state index contributed by atoms with van der Waals surface area (Å²) >= 11 is 1.17. The topological polar surface area (TPSA) is 79.3 Å². The van der Waals surface area contributed by atoms with Crippen LogP contribution in [0.1, 0.15) is 16.6 Å². The first-order chi connectivity index (χ1) is 6.11. The van der Waals surface area contributed by atoms with Gasteiger partial charge in [0.2, 0.25) is 0 Å². The van der Waals surface area contributed by atoms with Gasteiger partial charge in [0.25, 0.3) is 5.91 Å². The summed E-state index contributed by atoms with van der Waals surface area (Å²) in [5.74, 6) is -1.46. The van der Waals surface area contributed by atoms with E-state index < -0.39 is 17.9 Å². The van der Waals surface area contributed by atoms with Crippen LogP contribution in [0.5, 0.6) is 0 Å². The summed E-state index contributed by atoms with van der Waals surface area (Å²) in [4.78, 5) is 25.7. The molecule has 6 heteroatoms. The zero-order valence-electron chi connectivity index (χ0n) is 6.85. The maximum Gasteiger partial charge on any atom is 0.325 e. The van der Waals surface area contributed by atoms with Crippen LogP contribution < -0.4 is 5.32 Å². The van der Waals surface area contributed by atoms with Crippen LogP contribution in [0.3, 0.4) is 0 Å². The lowest BCUT2D eigenvalue weighted by Gasteiger charge is -2.06. The van der Waals surface area contributed by atoms with Gasteiger partial charge in [0.1, 0.15) is 10.9 Å². The number of nitrogens with one attached hydrogen (secondary N) is 1. The van der Waals surface area contributed by atoms with Crippen molar-refractivity contribution in [2.45, 2.75) is 13.0 Å². The number of aromatic nitrogens is 1. The van der Waals surface area contributed by atoms with Gasteiger partial charge in [0, 0.05) is 0 Å². The number of carbonyl (C=O) groups excluding carboxylic acids is 1. The van der Waals surface area contributed by atoms with Crippen LogP contribution in [-0.2, 0) is 4.79 Å². The van der Waals surface area contributed by atoms with Crippen LogP contribution >= 0.6 is 11.3 Å². The lowest BCUT2D eigenvalue weighted by Crippen LogP contribution is -2.37. The van der Waals surface area contributed by atoms with Crippen molar-refractivity contribution >= 4 is 23.2 Å². The van der Waals surface area contributed by atoms with E-state index in [2.05, 4.69) is 10.3 Å². The molecule has 0 unspecified atom stereocenters. The average molecular weight is 200 g/mol. The normalized spacial score (nSPS) is 12.1. The summed E-state index contributed by atoms with van der Waals surface area (Å²) in [6.07, 6.45) is 1.40. The Balaban J connectivity index is 2.56. The molecule has 70 valence electrons. The quantitative estimate of drug-likeness (QED) is 0.737. The molecule has 1 amide bonds. The van der Waals surface area contributed by atoms with Gasteiger partial charge >= 0.3 is 5.97 Å². The minimum atomic E-state index is -1.06. The third-order valence-corrected chi connectivity index (χ3v) is 2.15. The molecule has 1 rings (SSSR count). The molecule has 0 fully saturated rings. The third-order valence-electron chi connectivity index (χ3n) is 1.37. The second-order valence-corrected chi connectivity index (χ2v) is 3.29. The molecule has 0 aromatic carbocycles. The number of aliphatic carboxylic acids is 1. The van der Waals surface area contributed by atoms with E-state index in [0.29, 0.717) is 4.88 Å². The van der Waals surface area contributed by atoms with Gasteiger partial charge in [0.15, 0.2) is 0 Å². The molecular weight excluding hydrogens is 192 g/mol. The van der Waals surface area contributed by atoms with E-state index in [1.54, 1.807) is 0 Å². The summed E-state index contributed by atoms with van der Waals surface area (Å²) in [5, 5.41) is 10.8. The zero-order valence-corrected chi connectivity index (χ0v) is 7.67. The molecule has 0 aliphatic rings. The van der Waals surface area contributed by atoms with Crippen molar-refractivity contribution in [3.8, 4) is 0 Å². The molecule has 0 aliphatic heterocycles. The van der Waals surface area contributed by atoms with Gasteiger partial charge in [0.05, 0.1) is 11.7 Å². The lowest BCUT2D eigenvalue weighted by atomic mass is 10.3. The Morgan fingerprint density at radius 1 is 1.69 bits per heavy atom. The summed E-state index contributed by atoms with van der Waals surface area (Å²) < 4.78 is 0. The van der Waals surface area contributed by atoms with Crippen molar-refractivity contribution in [2.24, 2.45) is 0 Å². The van der Waals surface area contributed by atoms with Crippen molar-refractivity contribution in [3.63, 3.8) is 0 Å². The molecule has 2 N–H and O–H groups in total. The monoisotopic (exact) mass is 200 g/mol. The largest absolute Gasteiger partial charge is 0.480 e. The predicted octanol–water partition coefficient (Wildman–Crippen LogP) is 0.346. The lowest BCUT2D eigenvalue weighted by molar-refractivity contribution is -0.138. The fourth-order valence-corrected chi connectivity index (χ4v) is 1.18. The number of hydrogen-bond acceptors (Lipinski definition) is 4. The van der Waals surface area contributed by atoms with Crippen molar-refractivity contribution in [1.29, 1.82) is 0 Å². The number of hydrogen-bond donors (Lipinski definition) is 2. The first-order valence-corrected chi connectivity index (χ1v) is 4.41. The number of amides is 1. The highest BCUT2D eigenvalue weighted by Gasteiger charge is 2.15. The molecule has 13 heavy (non-hydrogen) atoms. The molecule has 5 nitrogen and oxygen atoms in total. The molecule has 0 radical (unpaired) electrons. The SMILES string of the molecule is C[C@H](NC(=O)c1cncs1)C(=O)O. The minimum Gasteiger partial charge on any atom is -0.480 e. The summed E-state index contributed by atoms with van der Waals surface area (Å²) in [6.45, 7) is 1.40. The zero-order chi connectivity index (χ0) is 9.84. The van der Waals surface area contributed by atoms with Gasteiger partial charge in [-0.25, -0.2) is 0 Å². The van der Waals surface area contributed by atoms with Gasteiger partial charge in [-0.3, -0.25) is 14.6 Å². The number of carbonyl (C=O) groups is 2. The molecule has 0 saturated carbocycles. The van der Waals surface area contributed by atoms with Crippen molar-refractivity contribution < 1.29 is 14.7 Å². The molecule has 0 saturated heterocycles. The van der Waals surface area contributed by atoms with Gasteiger partial charge in [-0.2, -0.15) is 0 Å². The van der Waals surface area contributed by atoms with Crippen molar-refractivity contribution in [1.82, 2.24) is 10.3 Å². The van der Waals surface area contributed by atoms with E-state index in [9.17, 15) is 9.59 Å². The predicted molar refractivity (Wildman–Crippen MR) is 46.7 cm³/mol. The van der Waals surface area contributed by atoms with Crippen molar-refractivity contribution in [3.05, 3.63) is 16.6 Å². The highest BCUT2D eigenvalue weighted by Crippen LogP contribution is 2.04. The first-order valence-electron chi connectivity index (χ1n) is 3.53. The Morgan fingerprint density at radius 2 is 2.38 bits per heavy atom. The Labute approximate surface area is 78.4 Å². The maximum absolute atomic E-state index is 11.2. The van der Waals surface area contributed by atoms with Crippen LogP contribution in [0.2, 0.25) is 0 Å². The summed E-state index contributed by atoms with van der Waals surface area (Å²) in [5.41, 5.74) is 1.51. The van der Waals surface area contributed by atoms with Crippen molar-refractivity contribution in [2.75, 3.05) is 0 Å². The van der Waals surface area contributed by atoms with E-state index in [0.717, 1.165) is 0 Å². The smallest absolute Gasteiger partial charge is 0.325 e. The van der Waals surface area contributed by atoms with Gasteiger partial charge in [-0.15, -0.1) is 11.3 Å². The van der Waals surface area contributed by atoms with Gasteiger partial charge < -0.3 is 10.4 Å². The molecule has 1 aromatic rings. The number of thiazole rings is 1. The van der Waals surface area contributed by atoms with Gasteiger partial charge in [-0.1, -0.05) is 0 Å². The summed E-state index contributed by atoms with van der Waals surface area (Å²) in [6, 6.07) is -0.880. The maximum atomic E-state index is 11.2. The van der Waals surface area contributed by atoms with Crippen LogP contribution in [-0.4, -0.2) is 28.0 Å². The molecule has 0 bridgehead atoms. The highest BCUT2D eigenvalue weighted by molar-refractivity contribution is 7.11. The molecule has 1 aromatic heterocycles. The average Bonchev–Trinajstić information content (AvgIpc) is 2.55. The Bertz CT molecular complexity index is 310. The van der Waals surface area contributed by atoms with E-state index in [1.165, 1.54) is 30.0 Å². The van der Waals surface area contributed by atoms with Crippen LogP contribution in [0.15, 0.2) is 11.7 Å². The number of carboxylic acids is 1. The minimum absolute atomic E-state index is 0.405. The fraction of sp³-hybridized carbons (Fsp3) is 0.286. The van der Waals surface area contributed by atoms with E-state index in [-0.39, 0.29) is 0 Å². The number of rotatable bonds is 3.